The van der Waals surface area contributed by atoms with Crippen LogP contribution in [0.4, 0.5) is 0 Å². The SMILES string of the molecule is [N-]=[N+]=NCCc1ccc(Br)nc1. The number of azide groups is 1. The summed E-state index contributed by atoms with van der Waals surface area (Å²) in [6, 6.07) is 3.81. The topological polar surface area (TPSA) is 61.7 Å². The van der Waals surface area contributed by atoms with E-state index in [1.54, 1.807) is 6.20 Å². The maximum atomic E-state index is 8.02. The van der Waals surface area contributed by atoms with Crippen molar-refractivity contribution in [3.05, 3.63) is 38.9 Å². The highest BCUT2D eigenvalue weighted by Gasteiger charge is 1.91. The zero-order chi connectivity index (χ0) is 8.81. The Morgan fingerprint density at radius 1 is 1.58 bits per heavy atom. The van der Waals surface area contributed by atoms with Crippen molar-refractivity contribution < 1.29 is 0 Å². The number of pyridine rings is 1. The van der Waals surface area contributed by atoms with Gasteiger partial charge in [-0.3, -0.25) is 0 Å². The van der Waals surface area contributed by atoms with Gasteiger partial charge in [0, 0.05) is 17.7 Å². The van der Waals surface area contributed by atoms with E-state index in [-0.39, 0.29) is 0 Å². The van der Waals surface area contributed by atoms with E-state index < -0.39 is 0 Å². The second-order valence-electron chi connectivity index (χ2n) is 2.19. The predicted octanol–water partition coefficient (Wildman–Crippen LogP) is 2.70. The lowest BCUT2D eigenvalue weighted by atomic mass is 10.2. The monoisotopic (exact) mass is 226 g/mol. The summed E-state index contributed by atoms with van der Waals surface area (Å²) >= 11 is 3.23. The molecular formula is C7H7BrN4. The Morgan fingerprint density at radius 3 is 3.00 bits per heavy atom. The van der Waals surface area contributed by atoms with Crippen LogP contribution in [0.15, 0.2) is 28.0 Å². The first-order chi connectivity index (χ1) is 5.83. The van der Waals surface area contributed by atoms with Gasteiger partial charge in [-0.2, -0.15) is 0 Å². The van der Waals surface area contributed by atoms with Crippen molar-refractivity contribution in [2.45, 2.75) is 6.42 Å². The third-order valence-electron chi connectivity index (χ3n) is 1.35. The van der Waals surface area contributed by atoms with Crippen LogP contribution in [0, 0.1) is 0 Å². The molecule has 0 aliphatic carbocycles. The number of rotatable bonds is 3. The summed E-state index contributed by atoms with van der Waals surface area (Å²) in [5.41, 5.74) is 9.10. The van der Waals surface area contributed by atoms with Crippen LogP contribution in [0.3, 0.4) is 0 Å². The molecule has 0 aromatic carbocycles. The zero-order valence-electron chi connectivity index (χ0n) is 6.31. The summed E-state index contributed by atoms with van der Waals surface area (Å²) in [5.74, 6) is 0. The van der Waals surface area contributed by atoms with Gasteiger partial charge < -0.3 is 0 Å². The standard InChI is InChI=1S/C7H7BrN4/c8-7-2-1-6(5-10-7)3-4-11-12-9/h1-2,5H,3-4H2. The zero-order valence-corrected chi connectivity index (χ0v) is 7.90. The molecule has 0 aliphatic heterocycles. The molecule has 5 heteroatoms. The van der Waals surface area contributed by atoms with Gasteiger partial charge in [0.15, 0.2) is 0 Å². The van der Waals surface area contributed by atoms with E-state index in [0.29, 0.717) is 6.54 Å². The lowest BCUT2D eigenvalue weighted by Crippen LogP contribution is -1.89. The Bertz CT molecular complexity index is 289. The van der Waals surface area contributed by atoms with Crippen LogP contribution in [-0.4, -0.2) is 11.5 Å². The van der Waals surface area contributed by atoms with E-state index in [2.05, 4.69) is 30.9 Å². The van der Waals surface area contributed by atoms with E-state index in [1.807, 2.05) is 12.1 Å². The summed E-state index contributed by atoms with van der Waals surface area (Å²) in [7, 11) is 0. The third kappa shape index (κ3) is 2.90. The van der Waals surface area contributed by atoms with Crippen LogP contribution >= 0.6 is 15.9 Å². The van der Waals surface area contributed by atoms with Crippen LogP contribution < -0.4 is 0 Å². The van der Waals surface area contributed by atoms with E-state index in [1.165, 1.54) is 0 Å². The lowest BCUT2D eigenvalue weighted by molar-refractivity contribution is 0.945. The molecule has 1 rings (SSSR count). The van der Waals surface area contributed by atoms with Gasteiger partial charge in [0.2, 0.25) is 0 Å². The number of aromatic nitrogens is 1. The Kier molecular flexibility index (Phi) is 3.57. The van der Waals surface area contributed by atoms with Crippen LogP contribution in [0.5, 0.6) is 0 Å². The van der Waals surface area contributed by atoms with Crippen molar-refractivity contribution in [3.63, 3.8) is 0 Å². The maximum Gasteiger partial charge on any atom is 0.106 e. The largest absolute Gasteiger partial charge is 0.249 e. The van der Waals surface area contributed by atoms with Gasteiger partial charge in [0.1, 0.15) is 4.60 Å². The average molecular weight is 227 g/mol. The average Bonchev–Trinajstić information content (AvgIpc) is 2.09. The van der Waals surface area contributed by atoms with Crippen LogP contribution in [0.1, 0.15) is 5.56 Å². The molecule has 4 nitrogen and oxygen atoms in total. The molecule has 0 bridgehead atoms. The molecule has 0 atom stereocenters. The Labute approximate surface area is 78.4 Å². The Morgan fingerprint density at radius 2 is 2.42 bits per heavy atom. The molecule has 0 radical (unpaired) electrons. The highest BCUT2D eigenvalue weighted by molar-refractivity contribution is 9.10. The van der Waals surface area contributed by atoms with Crippen LogP contribution in [-0.2, 0) is 6.42 Å². The van der Waals surface area contributed by atoms with E-state index in [4.69, 9.17) is 5.53 Å². The van der Waals surface area contributed by atoms with Gasteiger partial charge in [0.05, 0.1) is 0 Å². The van der Waals surface area contributed by atoms with Crippen LogP contribution in [0.25, 0.3) is 10.4 Å². The van der Waals surface area contributed by atoms with Gasteiger partial charge in [-0.05, 0) is 39.5 Å². The number of nitrogens with zero attached hydrogens (tertiary/aromatic N) is 4. The molecule has 0 saturated carbocycles. The van der Waals surface area contributed by atoms with Gasteiger partial charge in [-0.15, -0.1) is 0 Å². The quantitative estimate of drug-likeness (QED) is 0.339. The van der Waals surface area contributed by atoms with Crippen molar-refractivity contribution >= 4 is 15.9 Å². The summed E-state index contributed by atoms with van der Waals surface area (Å²) < 4.78 is 0.815. The van der Waals surface area contributed by atoms with Crippen molar-refractivity contribution in [2.24, 2.45) is 5.11 Å². The molecule has 0 N–H and O–H groups in total. The van der Waals surface area contributed by atoms with Gasteiger partial charge in [-0.1, -0.05) is 11.2 Å². The second-order valence-corrected chi connectivity index (χ2v) is 3.01. The van der Waals surface area contributed by atoms with Crippen molar-refractivity contribution in [2.75, 3.05) is 6.54 Å². The fourth-order valence-corrected chi connectivity index (χ4v) is 1.01. The molecule has 0 spiro atoms. The van der Waals surface area contributed by atoms with E-state index >= 15 is 0 Å². The van der Waals surface area contributed by atoms with Crippen LogP contribution in [0.2, 0.25) is 0 Å². The molecule has 0 fully saturated rings. The van der Waals surface area contributed by atoms with Crippen molar-refractivity contribution in [1.82, 2.24) is 4.98 Å². The van der Waals surface area contributed by atoms with E-state index in [0.717, 1.165) is 16.6 Å². The smallest absolute Gasteiger partial charge is 0.106 e. The number of hydrogen-bond acceptors (Lipinski definition) is 2. The fourth-order valence-electron chi connectivity index (χ4n) is 0.778. The summed E-state index contributed by atoms with van der Waals surface area (Å²) in [6.07, 6.45) is 2.50. The molecule has 1 heterocycles. The van der Waals surface area contributed by atoms with E-state index in [9.17, 15) is 0 Å². The summed E-state index contributed by atoms with van der Waals surface area (Å²) in [4.78, 5) is 6.70. The number of hydrogen-bond donors (Lipinski definition) is 0. The lowest BCUT2D eigenvalue weighted by Gasteiger charge is -1.95. The molecule has 0 unspecified atom stereocenters. The third-order valence-corrected chi connectivity index (χ3v) is 1.82. The second kappa shape index (κ2) is 4.74. The first kappa shape index (κ1) is 9.03. The molecule has 1 aromatic heterocycles. The van der Waals surface area contributed by atoms with Gasteiger partial charge in [-0.25, -0.2) is 4.98 Å². The molecule has 0 aliphatic rings. The minimum absolute atomic E-state index is 0.486. The van der Waals surface area contributed by atoms with Gasteiger partial charge in [0.25, 0.3) is 0 Å². The minimum Gasteiger partial charge on any atom is -0.249 e. The highest BCUT2D eigenvalue weighted by Crippen LogP contribution is 2.06. The molecule has 1 aromatic rings. The Balaban J connectivity index is 2.53. The normalized spacial score (nSPS) is 9.08. The van der Waals surface area contributed by atoms with Gasteiger partial charge >= 0.3 is 0 Å². The molecule has 12 heavy (non-hydrogen) atoms. The first-order valence-electron chi connectivity index (χ1n) is 3.44. The molecule has 62 valence electrons. The number of halogens is 1. The highest BCUT2D eigenvalue weighted by atomic mass is 79.9. The minimum atomic E-state index is 0.486. The maximum absolute atomic E-state index is 8.02. The molecular weight excluding hydrogens is 220 g/mol. The molecule has 0 amide bonds. The van der Waals surface area contributed by atoms with Crippen molar-refractivity contribution in [1.29, 1.82) is 0 Å². The summed E-state index contributed by atoms with van der Waals surface area (Å²) in [6.45, 7) is 0.486. The molecule has 0 saturated heterocycles. The first-order valence-corrected chi connectivity index (χ1v) is 4.23. The summed E-state index contributed by atoms with van der Waals surface area (Å²) in [5, 5.41) is 3.43. The predicted molar refractivity (Wildman–Crippen MR) is 49.7 cm³/mol. The fraction of sp³-hybridized carbons (Fsp3) is 0.286. The van der Waals surface area contributed by atoms with Crippen molar-refractivity contribution in [3.8, 4) is 0 Å². The Hall–Kier alpha value is -1.06.